The number of rotatable bonds is 6. The topological polar surface area (TPSA) is 79.5 Å². The predicted molar refractivity (Wildman–Crippen MR) is 111 cm³/mol. The lowest BCUT2D eigenvalue weighted by molar-refractivity contribution is -0.138. The highest BCUT2D eigenvalue weighted by atomic mass is 19.4. The van der Waals surface area contributed by atoms with Gasteiger partial charge in [-0.15, -0.1) is 0 Å². The van der Waals surface area contributed by atoms with E-state index >= 15 is 0 Å². The van der Waals surface area contributed by atoms with Gasteiger partial charge in [0.25, 0.3) is 0 Å². The smallest absolute Gasteiger partial charge is 0.371 e. The summed E-state index contributed by atoms with van der Waals surface area (Å²) in [4.78, 5) is 24.5. The zero-order chi connectivity index (χ0) is 23.8. The molecule has 3 amide bonds. The number of nitrogens with one attached hydrogen (secondary N) is 3. The molecule has 176 valence electrons. The first-order chi connectivity index (χ1) is 15.6. The molecule has 2 fully saturated rings. The van der Waals surface area contributed by atoms with Gasteiger partial charge in [-0.3, -0.25) is 4.79 Å². The Morgan fingerprint density at radius 1 is 1.12 bits per heavy atom. The predicted octanol–water partition coefficient (Wildman–Crippen LogP) is 3.72. The lowest BCUT2D eigenvalue weighted by atomic mass is 9.79. The molecule has 0 bridgehead atoms. The van der Waals surface area contributed by atoms with Crippen molar-refractivity contribution in [3.05, 3.63) is 70.8 Å². The summed E-state index contributed by atoms with van der Waals surface area (Å²) < 4.78 is 58.9. The van der Waals surface area contributed by atoms with E-state index in [1.54, 1.807) is 19.1 Å². The molecule has 2 heterocycles. The van der Waals surface area contributed by atoms with E-state index in [0.717, 1.165) is 17.7 Å². The van der Waals surface area contributed by atoms with Crippen molar-refractivity contribution in [3.8, 4) is 0 Å². The van der Waals surface area contributed by atoms with E-state index in [2.05, 4.69) is 16.0 Å². The first-order valence-electron chi connectivity index (χ1n) is 10.4. The molecular weight excluding hydrogens is 442 g/mol. The van der Waals surface area contributed by atoms with Crippen molar-refractivity contribution in [3.63, 3.8) is 0 Å². The fourth-order valence-corrected chi connectivity index (χ4v) is 4.38. The molecule has 0 aromatic heterocycles. The third-order valence-corrected chi connectivity index (χ3v) is 6.09. The van der Waals surface area contributed by atoms with Crippen molar-refractivity contribution >= 4 is 11.9 Å². The molecule has 4 rings (SSSR count). The van der Waals surface area contributed by atoms with Crippen LogP contribution < -0.4 is 16.0 Å². The summed E-state index contributed by atoms with van der Waals surface area (Å²) in [5, 5.41) is 8.25. The van der Waals surface area contributed by atoms with E-state index in [1.165, 1.54) is 6.07 Å². The van der Waals surface area contributed by atoms with Gasteiger partial charge in [0.2, 0.25) is 5.91 Å². The Bertz CT molecular complexity index is 1050. The first-order valence-corrected chi connectivity index (χ1v) is 10.4. The number of urea groups is 1. The van der Waals surface area contributed by atoms with E-state index in [0.29, 0.717) is 6.42 Å². The number of hydrogen-bond acceptors (Lipinski definition) is 3. The molecule has 0 saturated carbocycles. The summed E-state index contributed by atoms with van der Waals surface area (Å²) in [6, 6.07) is 10.4. The Kier molecular flexibility index (Phi) is 6.04. The van der Waals surface area contributed by atoms with Crippen LogP contribution in [0.25, 0.3) is 0 Å². The summed E-state index contributed by atoms with van der Waals surface area (Å²) in [7, 11) is 0. The number of ether oxygens (including phenoxy) is 1. The quantitative estimate of drug-likeness (QED) is 0.569. The van der Waals surface area contributed by atoms with Crippen molar-refractivity contribution in [2.45, 2.75) is 49.9 Å². The molecule has 6 nitrogen and oxygen atoms in total. The lowest BCUT2D eigenvalue weighted by Gasteiger charge is -2.43. The minimum atomic E-state index is -4.62. The monoisotopic (exact) mass is 465 g/mol. The van der Waals surface area contributed by atoms with Crippen LogP contribution in [0.1, 0.15) is 41.7 Å². The maximum Gasteiger partial charge on any atom is 0.416 e. The van der Waals surface area contributed by atoms with Gasteiger partial charge in [-0.05, 0) is 42.2 Å². The van der Waals surface area contributed by atoms with E-state index in [9.17, 15) is 27.2 Å². The van der Waals surface area contributed by atoms with Gasteiger partial charge in [-0.2, -0.15) is 13.2 Å². The van der Waals surface area contributed by atoms with Gasteiger partial charge >= 0.3 is 12.2 Å². The van der Waals surface area contributed by atoms with E-state index < -0.39 is 48.2 Å². The van der Waals surface area contributed by atoms with Gasteiger partial charge < -0.3 is 20.7 Å². The molecule has 2 aliphatic rings. The molecule has 0 aliphatic carbocycles. The Morgan fingerprint density at radius 2 is 1.85 bits per heavy atom. The molecule has 4 atom stereocenters. The zero-order valence-corrected chi connectivity index (χ0v) is 17.7. The van der Waals surface area contributed by atoms with Crippen molar-refractivity contribution < 1.29 is 31.9 Å². The molecule has 2 aromatic carbocycles. The van der Waals surface area contributed by atoms with Crippen molar-refractivity contribution in [1.29, 1.82) is 0 Å². The van der Waals surface area contributed by atoms with Crippen LogP contribution in [-0.2, 0) is 27.9 Å². The first kappa shape index (κ1) is 23.0. The molecule has 3 N–H and O–H groups in total. The van der Waals surface area contributed by atoms with E-state index in [1.807, 2.05) is 18.2 Å². The van der Waals surface area contributed by atoms with Gasteiger partial charge in [-0.25, -0.2) is 9.18 Å². The minimum absolute atomic E-state index is 0.0653. The lowest BCUT2D eigenvalue weighted by Crippen LogP contribution is -2.64. The fraction of sp³-hybridized carbons (Fsp3) is 0.391. The van der Waals surface area contributed by atoms with Crippen molar-refractivity contribution in [2.75, 3.05) is 6.61 Å². The zero-order valence-electron chi connectivity index (χ0n) is 17.7. The average Bonchev–Trinajstić information content (AvgIpc) is 3.17. The second-order valence-electron chi connectivity index (χ2n) is 8.39. The molecule has 10 heteroatoms. The summed E-state index contributed by atoms with van der Waals surface area (Å²) in [5.41, 5.74) is -1.15. The highest BCUT2D eigenvalue weighted by molar-refractivity contribution is 5.92. The van der Waals surface area contributed by atoms with E-state index in [4.69, 9.17) is 4.74 Å². The average molecular weight is 465 g/mol. The number of alkyl halides is 4. The largest absolute Gasteiger partial charge is 0.416 e. The second kappa shape index (κ2) is 8.66. The third kappa shape index (κ3) is 4.66. The number of hydrogen-bond donors (Lipinski definition) is 3. The third-order valence-electron chi connectivity index (χ3n) is 6.09. The van der Waals surface area contributed by atoms with Crippen LogP contribution in [0.5, 0.6) is 0 Å². The van der Waals surface area contributed by atoms with Crippen LogP contribution in [0, 0.1) is 0 Å². The van der Waals surface area contributed by atoms with Crippen LogP contribution in [0.2, 0.25) is 0 Å². The molecule has 0 radical (unpaired) electrons. The second-order valence-corrected chi connectivity index (χ2v) is 8.39. The molecule has 0 spiro atoms. The van der Waals surface area contributed by atoms with E-state index in [-0.39, 0.29) is 23.6 Å². The Balaban J connectivity index is 1.61. The number of benzene rings is 2. The number of halogens is 4. The van der Waals surface area contributed by atoms with Crippen LogP contribution in [0.3, 0.4) is 0 Å². The molecule has 2 aromatic rings. The number of fused-ring (bicyclic) bond motifs is 1. The highest BCUT2D eigenvalue weighted by Gasteiger charge is 2.50. The number of piperidine rings is 1. The molecular formula is C23H23F4N3O3. The number of carbonyl (C=O) groups excluding carboxylic acids is 2. The fourth-order valence-electron chi connectivity index (χ4n) is 4.38. The van der Waals surface area contributed by atoms with Crippen LogP contribution in [-0.4, -0.2) is 30.6 Å². The summed E-state index contributed by atoms with van der Waals surface area (Å²) >= 11 is 0. The minimum Gasteiger partial charge on any atom is -0.371 e. The Morgan fingerprint density at radius 3 is 2.52 bits per heavy atom. The number of amides is 3. The maximum atomic E-state index is 13.3. The van der Waals surface area contributed by atoms with Gasteiger partial charge in [0.05, 0.1) is 29.9 Å². The maximum absolute atomic E-state index is 13.3. The van der Waals surface area contributed by atoms with Crippen LogP contribution >= 0.6 is 0 Å². The SMILES string of the molecule is C[C@@H](OC[C@@]1(c2ccccc2)CC2NC(=O)NC2C(=O)N1)c1cc(CF)cc(C(F)(F)F)c1. The molecule has 2 saturated heterocycles. The van der Waals surface area contributed by atoms with Gasteiger partial charge in [0, 0.05) is 0 Å². The van der Waals surface area contributed by atoms with Crippen LogP contribution in [0.15, 0.2) is 48.5 Å². The summed E-state index contributed by atoms with van der Waals surface area (Å²) in [5.74, 6) is -0.386. The molecule has 2 aliphatic heterocycles. The highest BCUT2D eigenvalue weighted by Crippen LogP contribution is 2.36. The van der Waals surface area contributed by atoms with Crippen molar-refractivity contribution in [2.24, 2.45) is 0 Å². The Hall–Kier alpha value is -3.14. The summed E-state index contributed by atoms with van der Waals surface area (Å²) in [6.45, 7) is 0.468. The number of carbonyl (C=O) groups is 2. The molecule has 2 unspecified atom stereocenters. The van der Waals surface area contributed by atoms with Gasteiger partial charge in [0.1, 0.15) is 12.7 Å². The van der Waals surface area contributed by atoms with Crippen LogP contribution in [0.4, 0.5) is 22.4 Å². The Labute approximate surface area is 187 Å². The van der Waals surface area contributed by atoms with Gasteiger partial charge in [0.15, 0.2) is 0 Å². The standard InChI is InChI=1S/C23H23F4N3O3/c1-13(15-7-14(11-24)8-17(9-15)23(25,26)27)33-12-22(16-5-3-2-4-6-16)10-18-19(20(31)30-22)29-21(32)28-18/h2-9,13,18-19H,10-12H2,1H3,(H,30,31)(H2,28,29,32)/t13-,18?,19?,22-/m1/s1. The van der Waals surface area contributed by atoms with Crippen molar-refractivity contribution in [1.82, 2.24) is 16.0 Å². The normalized spacial score (nSPS) is 25.6. The summed E-state index contributed by atoms with van der Waals surface area (Å²) in [6.07, 6.45) is -5.12. The van der Waals surface area contributed by atoms with Gasteiger partial charge in [-0.1, -0.05) is 36.4 Å². The molecule has 33 heavy (non-hydrogen) atoms.